The summed E-state index contributed by atoms with van der Waals surface area (Å²) in [6.07, 6.45) is 1.95. The van der Waals surface area contributed by atoms with Crippen LogP contribution in [-0.4, -0.2) is 25.2 Å². The molecule has 0 amide bonds. The SMILES string of the molecule is CNCc1cnc(N2CCOc3ccccc3C2)c(C)c1. The zero-order valence-corrected chi connectivity index (χ0v) is 12.6. The lowest BCUT2D eigenvalue weighted by Crippen LogP contribution is -2.27. The van der Waals surface area contributed by atoms with Crippen molar-refractivity contribution in [1.29, 1.82) is 0 Å². The highest BCUT2D eigenvalue weighted by Gasteiger charge is 2.17. The van der Waals surface area contributed by atoms with Gasteiger partial charge in [0.1, 0.15) is 18.2 Å². The summed E-state index contributed by atoms with van der Waals surface area (Å²) in [6.45, 7) is 5.36. The Morgan fingerprint density at radius 2 is 2.19 bits per heavy atom. The summed E-state index contributed by atoms with van der Waals surface area (Å²) in [4.78, 5) is 6.96. The molecule has 2 heterocycles. The third-order valence-electron chi connectivity index (χ3n) is 3.74. The van der Waals surface area contributed by atoms with E-state index >= 15 is 0 Å². The average Bonchev–Trinajstić information content (AvgIpc) is 2.70. The number of ether oxygens (including phenoxy) is 1. The number of hydrogen-bond donors (Lipinski definition) is 1. The van der Waals surface area contributed by atoms with Crippen LogP contribution in [-0.2, 0) is 13.1 Å². The van der Waals surface area contributed by atoms with E-state index in [1.807, 2.05) is 25.4 Å². The van der Waals surface area contributed by atoms with Crippen molar-refractivity contribution in [1.82, 2.24) is 10.3 Å². The van der Waals surface area contributed by atoms with Gasteiger partial charge in [-0.3, -0.25) is 0 Å². The van der Waals surface area contributed by atoms with Gasteiger partial charge in [0, 0.05) is 24.8 Å². The molecule has 1 aliphatic rings. The Kier molecular flexibility index (Phi) is 4.06. The van der Waals surface area contributed by atoms with Gasteiger partial charge in [-0.15, -0.1) is 0 Å². The molecule has 0 bridgehead atoms. The Morgan fingerprint density at radius 1 is 1.33 bits per heavy atom. The molecule has 0 radical (unpaired) electrons. The second kappa shape index (κ2) is 6.14. The first-order valence-electron chi connectivity index (χ1n) is 7.33. The molecule has 1 aliphatic heterocycles. The first kappa shape index (κ1) is 13.9. The minimum atomic E-state index is 0.691. The van der Waals surface area contributed by atoms with E-state index < -0.39 is 0 Å². The Hall–Kier alpha value is -2.07. The predicted molar refractivity (Wildman–Crippen MR) is 84.7 cm³/mol. The Balaban J connectivity index is 1.87. The van der Waals surface area contributed by atoms with E-state index in [1.165, 1.54) is 16.7 Å². The van der Waals surface area contributed by atoms with Gasteiger partial charge < -0.3 is 15.0 Å². The molecular formula is C17H21N3O. The second-order valence-electron chi connectivity index (χ2n) is 5.39. The highest BCUT2D eigenvalue weighted by Crippen LogP contribution is 2.26. The molecule has 110 valence electrons. The number of aryl methyl sites for hydroxylation is 1. The molecule has 3 rings (SSSR count). The normalized spacial score (nSPS) is 14.3. The van der Waals surface area contributed by atoms with Crippen LogP contribution in [0.2, 0.25) is 0 Å². The predicted octanol–water partition coefficient (Wildman–Crippen LogP) is 2.51. The number of fused-ring (bicyclic) bond motifs is 1. The zero-order valence-electron chi connectivity index (χ0n) is 12.6. The van der Waals surface area contributed by atoms with Gasteiger partial charge in [0.2, 0.25) is 0 Å². The minimum Gasteiger partial charge on any atom is -0.491 e. The largest absolute Gasteiger partial charge is 0.491 e. The maximum absolute atomic E-state index is 5.82. The van der Waals surface area contributed by atoms with Gasteiger partial charge in [0.25, 0.3) is 0 Å². The molecule has 1 N–H and O–H groups in total. The van der Waals surface area contributed by atoms with E-state index in [1.54, 1.807) is 0 Å². The highest BCUT2D eigenvalue weighted by molar-refractivity contribution is 5.50. The maximum atomic E-state index is 5.82. The van der Waals surface area contributed by atoms with E-state index in [9.17, 15) is 0 Å². The quantitative estimate of drug-likeness (QED) is 0.939. The van der Waals surface area contributed by atoms with Crippen molar-refractivity contribution in [2.45, 2.75) is 20.0 Å². The van der Waals surface area contributed by atoms with Crippen LogP contribution >= 0.6 is 0 Å². The van der Waals surface area contributed by atoms with Crippen molar-refractivity contribution < 1.29 is 4.74 Å². The molecule has 0 unspecified atom stereocenters. The number of para-hydroxylation sites is 1. The topological polar surface area (TPSA) is 37.4 Å². The fraction of sp³-hybridized carbons (Fsp3) is 0.353. The van der Waals surface area contributed by atoms with Crippen LogP contribution in [0.5, 0.6) is 5.75 Å². The van der Waals surface area contributed by atoms with Gasteiger partial charge >= 0.3 is 0 Å². The molecule has 1 aromatic carbocycles. The van der Waals surface area contributed by atoms with Gasteiger partial charge in [-0.2, -0.15) is 0 Å². The number of pyridine rings is 1. The lowest BCUT2D eigenvalue weighted by Gasteiger charge is -2.23. The van der Waals surface area contributed by atoms with E-state index in [0.717, 1.165) is 31.2 Å². The number of anilines is 1. The number of hydrogen-bond acceptors (Lipinski definition) is 4. The number of nitrogens with one attached hydrogen (secondary N) is 1. The standard InChI is InChI=1S/C17H21N3O/c1-13-9-14(10-18-2)11-19-17(13)20-7-8-21-16-6-4-3-5-15(16)12-20/h3-6,9,11,18H,7-8,10,12H2,1-2H3. The number of aromatic nitrogens is 1. The van der Waals surface area contributed by atoms with Crippen molar-refractivity contribution in [2.24, 2.45) is 0 Å². The highest BCUT2D eigenvalue weighted by atomic mass is 16.5. The fourth-order valence-electron chi connectivity index (χ4n) is 2.76. The van der Waals surface area contributed by atoms with Crippen LogP contribution in [0.25, 0.3) is 0 Å². The molecule has 21 heavy (non-hydrogen) atoms. The summed E-state index contributed by atoms with van der Waals surface area (Å²) in [7, 11) is 1.95. The van der Waals surface area contributed by atoms with Crippen LogP contribution in [0.3, 0.4) is 0 Å². The first-order valence-corrected chi connectivity index (χ1v) is 7.33. The Morgan fingerprint density at radius 3 is 3.00 bits per heavy atom. The maximum Gasteiger partial charge on any atom is 0.131 e. The van der Waals surface area contributed by atoms with Gasteiger partial charge in [0.05, 0.1) is 6.54 Å². The summed E-state index contributed by atoms with van der Waals surface area (Å²) in [5.74, 6) is 2.04. The number of benzene rings is 1. The zero-order chi connectivity index (χ0) is 14.7. The Labute approximate surface area is 125 Å². The van der Waals surface area contributed by atoms with E-state index in [-0.39, 0.29) is 0 Å². The molecule has 0 fully saturated rings. The molecule has 0 saturated heterocycles. The fourth-order valence-corrected chi connectivity index (χ4v) is 2.76. The van der Waals surface area contributed by atoms with Crippen LogP contribution < -0.4 is 15.0 Å². The van der Waals surface area contributed by atoms with Crippen LogP contribution in [0, 0.1) is 6.92 Å². The molecule has 0 atom stereocenters. The summed E-state index contributed by atoms with van der Waals surface area (Å²) >= 11 is 0. The third kappa shape index (κ3) is 3.00. The van der Waals surface area contributed by atoms with Crippen molar-refractivity contribution in [3.05, 3.63) is 53.2 Å². The molecule has 1 aromatic heterocycles. The van der Waals surface area contributed by atoms with E-state index in [0.29, 0.717) is 6.61 Å². The van der Waals surface area contributed by atoms with Crippen molar-refractivity contribution in [2.75, 3.05) is 25.1 Å². The van der Waals surface area contributed by atoms with Crippen molar-refractivity contribution >= 4 is 5.82 Å². The van der Waals surface area contributed by atoms with Gasteiger partial charge in [-0.05, 0) is 37.2 Å². The van der Waals surface area contributed by atoms with Gasteiger partial charge in [-0.25, -0.2) is 4.98 Å². The monoisotopic (exact) mass is 283 g/mol. The van der Waals surface area contributed by atoms with E-state index in [4.69, 9.17) is 4.74 Å². The van der Waals surface area contributed by atoms with Gasteiger partial charge in [0.15, 0.2) is 0 Å². The molecule has 0 spiro atoms. The van der Waals surface area contributed by atoms with E-state index in [2.05, 4.69) is 40.3 Å². The van der Waals surface area contributed by atoms with Crippen molar-refractivity contribution in [3.8, 4) is 5.75 Å². The Bertz CT molecular complexity index is 627. The average molecular weight is 283 g/mol. The lowest BCUT2D eigenvalue weighted by molar-refractivity contribution is 0.331. The minimum absolute atomic E-state index is 0.691. The van der Waals surface area contributed by atoms with Crippen LogP contribution in [0.15, 0.2) is 36.5 Å². The summed E-state index contributed by atoms with van der Waals surface area (Å²) in [6, 6.07) is 10.4. The van der Waals surface area contributed by atoms with Crippen LogP contribution in [0.4, 0.5) is 5.82 Å². The summed E-state index contributed by atoms with van der Waals surface area (Å²) in [5.41, 5.74) is 3.64. The lowest BCUT2D eigenvalue weighted by atomic mass is 10.1. The molecular weight excluding hydrogens is 262 g/mol. The number of nitrogens with zero attached hydrogens (tertiary/aromatic N) is 2. The summed E-state index contributed by atoms with van der Waals surface area (Å²) in [5, 5.41) is 3.16. The van der Waals surface area contributed by atoms with Crippen LogP contribution in [0.1, 0.15) is 16.7 Å². The van der Waals surface area contributed by atoms with Crippen molar-refractivity contribution in [3.63, 3.8) is 0 Å². The third-order valence-corrected chi connectivity index (χ3v) is 3.74. The molecule has 0 aliphatic carbocycles. The smallest absolute Gasteiger partial charge is 0.131 e. The number of rotatable bonds is 3. The molecule has 0 saturated carbocycles. The molecule has 4 heteroatoms. The second-order valence-corrected chi connectivity index (χ2v) is 5.39. The van der Waals surface area contributed by atoms with Gasteiger partial charge in [-0.1, -0.05) is 18.2 Å². The summed E-state index contributed by atoms with van der Waals surface area (Å²) < 4.78 is 5.82. The first-order chi connectivity index (χ1) is 10.3. The molecule has 4 nitrogen and oxygen atoms in total. The molecule has 2 aromatic rings.